The van der Waals surface area contributed by atoms with Crippen molar-refractivity contribution >= 4 is 27.1 Å². The van der Waals surface area contributed by atoms with Gasteiger partial charge in [0.1, 0.15) is 4.90 Å². The van der Waals surface area contributed by atoms with Gasteiger partial charge in [0.2, 0.25) is 5.95 Å². The molecule has 1 aliphatic rings. The number of hydrogen-bond donors (Lipinski definition) is 2. The van der Waals surface area contributed by atoms with E-state index in [9.17, 15) is 18.0 Å². The standard InChI is InChI=1S/C22H30N6O4S/c1-3-26-19-18(20(29)27(4-2)22(26)30)28(21(25-19)24-16-8-6-5-7-9-16)14-15-10-12-17(13-11-15)33(23,31)32/h10-13,16H,3-9,14H2,1-2H3,(H,24,25)(H2,23,31,32)/p+1. The highest BCUT2D eigenvalue weighted by molar-refractivity contribution is 7.84. The zero-order chi connectivity index (χ0) is 23.8. The fourth-order valence-corrected chi connectivity index (χ4v) is 5.08. The first-order valence-electron chi connectivity index (χ1n) is 11.4. The number of benzene rings is 1. The molecule has 0 aliphatic heterocycles. The Morgan fingerprint density at radius 1 is 1.00 bits per heavy atom. The van der Waals surface area contributed by atoms with Crippen LogP contribution in [0.2, 0.25) is 0 Å². The molecule has 4 rings (SSSR count). The Bertz CT molecular complexity index is 1380. The summed E-state index contributed by atoms with van der Waals surface area (Å²) in [6, 6.07) is 6.70. The number of nitrogens with zero attached hydrogens (tertiary/aromatic N) is 4. The molecule has 1 aromatic carbocycles. The van der Waals surface area contributed by atoms with Gasteiger partial charge >= 0.3 is 15.7 Å². The fraction of sp³-hybridized carbons (Fsp3) is 0.500. The Hall–Kier alpha value is -2.92. The molecule has 178 valence electrons. The van der Waals surface area contributed by atoms with Crippen LogP contribution in [0.25, 0.3) is 11.2 Å². The summed E-state index contributed by atoms with van der Waals surface area (Å²) in [5.41, 5.74) is 0.808. The van der Waals surface area contributed by atoms with Gasteiger partial charge in [0, 0.05) is 19.1 Å². The maximum absolute atomic E-state index is 13.3. The van der Waals surface area contributed by atoms with E-state index in [-0.39, 0.29) is 28.7 Å². The second-order valence-electron chi connectivity index (χ2n) is 8.51. The molecule has 0 atom stereocenters. The van der Waals surface area contributed by atoms with Crippen molar-refractivity contribution in [3.8, 4) is 0 Å². The molecule has 0 spiro atoms. The van der Waals surface area contributed by atoms with Crippen molar-refractivity contribution in [3.63, 3.8) is 0 Å². The summed E-state index contributed by atoms with van der Waals surface area (Å²) < 4.78 is 28.0. The average Bonchev–Trinajstić information content (AvgIpc) is 3.12. The van der Waals surface area contributed by atoms with Crippen LogP contribution in [-0.4, -0.2) is 33.1 Å². The van der Waals surface area contributed by atoms with Crippen LogP contribution in [0.1, 0.15) is 51.5 Å². The van der Waals surface area contributed by atoms with Crippen molar-refractivity contribution < 1.29 is 13.6 Å². The van der Waals surface area contributed by atoms with Gasteiger partial charge < -0.3 is 5.32 Å². The molecule has 33 heavy (non-hydrogen) atoms. The summed E-state index contributed by atoms with van der Waals surface area (Å²) in [5.74, 6) is 0.554. The van der Waals surface area contributed by atoms with E-state index in [4.69, 9.17) is 4.98 Å². The van der Waals surface area contributed by atoms with Crippen LogP contribution < -0.4 is 21.7 Å². The lowest BCUT2D eigenvalue weighted by atomic mass is 9.96. The highest BCUT2D eigenvalue weighted by atomic mass is 32.2. The van der Waals surface area contributed by atoms with Gasteiger partial charge in [0.25, 0.3) is 5.56 Å². The molecule has 10 nitrogen and oxygen atoms in total. The third kappa shape index (κ3) is 4.47. The molecule has 0 saturated heterocycles. The normalized spacial score (nSPS) is 15.2. The fourth-order valence-electron chi connectivity index (χ4n) is 4.53. The second kappa shape index (κ2) is 9.14. The van der Waals surface area contributed by atoms with Crippen molar-refractivity contribution in [3.05, 3.63) is 50.7 Å². The lowest BCUT2D eigenvalue weighted by molar-refractivity contribution is -0.164. The number of hydrogen-bond acceptors (Lipinski definition) is 6. The first-order chi connectivity index (χ1) is 15.7. The number of imidazole rings is 1. The van der Waals surface area contributed by atoms with E-state index in [1.54, 1.807) is 19.1 Å². The van der Waals surface area contributed by atoms with Gasteiger partial charge in [-0.15, -0.1) is 0 Å². The van der Waals surface area contributed by atoms with Crippen LogP contribution in [0.15, 0.2) is 38.8 Å². The lowest BCUT2D eigenvalue weighted by Gasteiger charge is -2.23. The summed E-state index contributed by atoms with van der Waals surface area (Å²) in [5, 5.41) is 6.71. The quantitative estimate of drug-likeness (QED) is 0.526. The van der Waals surface area contributed by atoms with E-state index < -0.39 is 10.0 Å². The number of rotatable bonds is 7. The van der Waals surface area contributed by atoms with Crippen LogP contribution in [0.5, 0.6) is 0 Å². The monoisotopic (exact) mass is 475 g/mol. The number of sulfonamides is 1. The molecule has 11 heteroatoms. The third-order valence-corrected chi connectivity index (χ3v) is 7.30. The Balaban J connectivity index is 1.88. The molecule has 0 unspecified atom stereocenters. The summed E-state index contributed by atoms with van der Waals surface area (Å²) in [7, 11) is -3.55. The summed E-state index contributed by atoms with van der Waals surface area (Å²) >= 11 is 0. The van der Waals surface area contributed by atoms with E-state index >= 15 is 0 Å². The van der Waals surface area contributed by atoms with Gasteiger partial charge in [-0.3, -0.25) is 18.5 Å². The molecule has 1 fully saturated rings. The van der Waals surface area contributed by atoms with Gasteiger partial charge in [-0.25, -0.2) is 9.93 Å². The Kier molecular flexibility index (Phi) is 6.44. The largest absolute Gasteiger partial charge is 0.353 e. The van der Waals surface area contributed by atoms with E-state index in [1.807, 2.05) is 11.5 Å². The minimum absolute atomic E-state index is 0.135. The molecule has 2 heterocycles. The number of fused-ring (bicyclic) bond motifs is 1. The van der Waals surface area contributed by atoms with Crippen molar-refractivity contribution in [1.29, 1.82) is 0 Å². The molecule has 0 amide bonds. The number of aromatic nitrogens is 4. The smallest absolute Gasteiger partial charge is 0.332 e. The molecular formula is C22H31N6O4S+. The Labute approximate surface area is 192 Å². The summed E-state index contributed by atoms with van der Waals surface area (Å²) in [6.45, 7) is 4.60. The molecule has 1 aliphatic carbocycles. The third-order valence-electron chi connectivity index (χ3n) is 6.31. The van der Waals surface area contributed by atoms with E-state index in [0.29, 0.717) is 30.2 Å². The van der Waals surface area contributed by atoms with Crippen LogP contribution in [0, 0.1) is 0 Å². The van der Waals surface area contributed by atoms with E-state index in [0.717, 1.165) is 31.2 Å². The van der Waals surface area contributed by atoms with Crippen LogP contribution in [0.3, 0.4) is 0 Å². The molecule has 1 saturated carbocycles. The van der Waals surface area contributed by atoms with Crippen LogP contribution >= 0.6 is 0 Å². The second-order valence-corrected chi connectivity index (χ2v) is 10.2. The van der Waals surface area contributed by atoms with Crippen molar-refractivity contribution in [2.75, 3.05) is 5.32 Å². The molecule has 0 bridgehead atoms. The van der Waals surface area contributed by atoms with Crippen molar-refractivity contribution in [2.45, 2.75) is 76.5 Å². The average molecular weight is 476 g/mol. The Morgan fingerprint density at radius 3 is 2.21 bits per heavy atom. The zero-order valence-corrected chi connectivity index (χ0v) is 19.9. The predicted octanol–water partition coefficient (Wildman–Crippen LogP) is 1.12. The highest BCUT2D eigenvalue weighted by Gasteiger charge is 2.23. The summed E-state index contributed by atoms with van der Waals surface area (Å²) in [4.78, 5) is 31.0. The number of aryl methyl sites for hydroxylation is 1. The molecule has 2 aromatic heterocycles. The van der Waals surface area contributed by atoms with Crippen molar-refractivity contribution in [2.24, 2.45) is 0 Å². The highest BCUT2D eigenvalue weighted by Crippen LogP contribution is 2.24. The van der Waals surface area contributed by atoms with Gasteiger partial charge in [-0.05, 0) is 44.4 Å². The first-order valence-corrected chi connectivity index (χ1v) is 13.1. The maximum Gasteiger partial charge on any atom is 0.332 e. The van der Waals surface area contributed by atoms with E-state index in [2.05, 4.69) is 10.5 Å². The predicted molar refractivity (Wildman–Crippen MR) is 126 cm³/mol. The number of quaternary nitrogens is 1. The van der Waals surface area contributed by atoms with Gasteiger partial charge in [-0.1, -0.05) is 31.4 Å². The molecule has 4 N–H and O–H groups in total. The lowest BCUT2D eigenvalue weighted by Crippen LogP contribution is -2.56. The van der Waals surface area contributed by atoms with Crippen LogP contribution in [-0.2, 0) is 29.7 Å². The van der Waals surface area contributed by atoms with Gasteiger partial charge in [0.15, 0.2) is 11.2 Å². The topological polar surface area (TPSA) is 136 Å². The summed E-state index contributed by atoms with van der Waals surface area (Å²) in [6.07, 6.45) is 5.55. The molecule has 0 radical (unpaired) electrons. The number of nitrogens with one attached hydrogen (secondary N) is 1. The van der Waals surface area contributed by atoms with Crippen molar-refractivity contribution in [1.82, 2.24) is 18.7 Å². The Morgan fingerprint density at radius 2 is 1.64 bits per heavy atom. The SMILES string of the molecule is CCn1c(=O)c2c(nc(NC3CCCCC3)n2Cc2ccc(S([NH3+])(=O)=O)cc2)n(CC)c1=O. The number of anilines is 1. The molecule has 3 aromatic rings. The minimum Gasteiger partial charge on any atom is -0.353 e. The minimum atomic E-state index is -3.55. The molecular weight excluding hydrogens is 444 g/mol. The first kappa shape index (κ1) is 23.2. The van der Waals surface area contributed by atoms with E-state index in [1.165, 1.54) is 27.7 Å². The maximum atomic E-state index is 13.3. The van der Waals surface area contributed by atoms with Gasteiger partial charge in [-0.2, -0.15) is 13.4 Å². The zero-order valence-electron chi connectivity index (χ0n) is 19.1. The van der Waals surface area contributed by atoms with Crippen LogP contribution in [0.4, 0.5) is 5.95 Å². The van der Waals surface area contributed by atoms with Gasteiger partial charge in [0.05, 0.1) is 6.54 Å².